The number of carbonyl (C=O) groups is 2. The van der Waals surface area contributed by atoms with Crippen molar-refractivity contribution in [2.75, 3.05) is 24.9 Å². The van der Waals surface area contributed by atoms with Crippen molar-refractivity contribution in [2.45, 2.75) is 56.8 Å². The van der Waals surface area contributed by atoms with Gasteiger partial charge in [0.25, 0.3) is 0 Å². The van der Waals surface area contributed by atoms with E-state index in [1.165, 1.54) is 0 Å². The zero-order chi connectivity index (χ0) is 30.0. The minimum atomic E-state index is -0.164. The molecule has 10 heteroatoms. The summed E-state index contributed by atoms with van der Waals surface area (Å²) in [5, 5.41) is 23.2. The average molecular weight is 581 g/mol. The maximum absolute atomic E-state index is 12.5. The van der Waals surface area contributed by atoms with Gasteiger partial charge < -0.3 is 20.1 Å². The summed E-state index contributed by atoms with van der Waals surface area (Å²) in [4.78, 5) is 25.1. The number of anilines is 2. The molecule has 10 nitrogen and oxygen atoms in total. The van der Waals surface area contributed by atoms with E-state index in [0.717, 1.165) is 54.6 Å². The Kier molecular flexibility index (Phi) is 9.89. The number of methoxy groups -OCH3 is 2. The monoisotopic (exact) mass is 580 g/mol. The van der Waals surface area contributed by atoms with E-state index in [1.807, 2.05) is 72.8 Å². The molecule has 222 valence electrons. The first-order valence-electron chi connectivity index (χ1n) is 14.5. The summed E-state index contributed by atoms with van der Waals surface area (Å²) >= 11 is 0. The number of aromatic nitrogens is 4. The molecule has 2 heterocycles. The van der Waals surface area contributed by atoms with Gasteiger partial charge in [-0.25, -0.2) is 0 Å². The molecule has 0 saturated heterocycles. The second-order valence-electron chi connectivity index (χ2n) is 10.8. The van der Waals surface area contributed by atoms with Gasteiger partial charge >= 0.3 is 0 Å². The van der Waals surface area contributed by atoms with Crippen LogP contribution in [0.15, 0.2) is 72.8 Å². The van der Waals surface area contributed by atoms with Gasteiger partial charge in [-0.05, 0) is 78.9 Å². The predicted octanol–water partition coefficient (Wildman–Crippen LogP) is 5.48. The standard InChI is InChI=1S/C33H36N6O4/c1-42-26-11-5-7-22(17-26)19-32(40)34-30-15-13-28(36-38-30)24-9-3-4-10-25(21-24)29-14-16-31(39-37-29)35-33(41)20-23-8-6-12-27(18-23)43-2/h5-8,11-18,24-25H,3-4,9-10,19-21H2,1-2H3,(H,34,38,40)(H,35,39,41)/t24-,25-/m1/s1. The first kappa shape index (κ1) is 29.6. The lowest BCUT2D eigenvalue weighted by atomic mass is 9.88. The molecule has 2 N–H and O–H groups in total. The van der Waals surface area contributed by atoms with Gasteiger partial charge in [0.15, 0.2) is 11.6 Å². The molecule has 2 amide bonds. The lowest BCUT2D eigenvalue weighted by Gasteiger charge is -2.19. The van der Waals surface area contributed by atoms with Gasteiger partial charge in [-0.1, -0.05) is 37.1 Å². The van der Waals surface area contributed by atoms with Crippen LogP contribution in [0, 0.1) is 0 Å². The smallest absolute Gasteiger partial charge is 0.229 e. The number of hydrogen-bond donors (Lipinski definition) is 2. The summed E-state index contributed by atoms with van der Waals surface area (Å²) in [7, 11) is 3.20. The molecule has 1 saturated carbocycles. The Bertz CT molecular complexity index is 1410. The summed E-state index contributed by atoms with van der Waals surface area (Å²) in [5.41, 5.74) is 3.54. The highest BCUT2D eigenvalue weighted by atomic mass is 16.5. The first-order valence-corrected chi connectivity index (χ1v) is 14.5. The average Bonchev–Trinajstić information content (AvgIpc) is 3.28. The van der Waals surface area contributed by atoms with Crippen molar-refractivity contribution >= 4 is 23.5 Å². The molecule has 2 aromatic carbocycles. The molecule has 0 radical (unpaired) electrons. The molecule has 5 rings (SSSR count). The number of amides is 2. The van der Waals surface area contributed by atoms with Crippen LogP contribution in [0.3, 0.4) is 0 Å². The molecule has 1 fully saturated rings. The van der Waals surface area contributed by atoms with Gasteiger partial charge in [0.1, 0.15) is 11.5 Å². The highest BCUT2D eigenvalue weighted by Crippen LogP contribution is 2.38. The maximum Gasteiger partial charge on any atom is 0.229 e. The second kappa shape index (κ2) is 14.4. The van der Waals surface area contributed by atoms with E-state index in [0.29, 0.717) is 23.1 Å². The number of rotatable bonds is 10. The summed E-state index contributed by atoms with van der Waals surface area (Å²) in [6, 6.07) is 22.4. The van der Waals surface area contributed by atoms with Gasteiger partial charge in [0.2, 0.25) is 11.8 Å². The van der Waals surface area contributed by atoms with E-state index in [1.54, 1.807) is 14.2 Å². The van der Waals surface area contributed by atoms with Crippen LogP contribution in [0.4, 0.5) is 11.6 Å². The molecule has 4 aromatic rings. The maximum atomic E-state index is 12.5. The highest BCUT2D eigenvalue weighted by molar-refractivity contribution is 5.91. The summed E-state index contributed by atoms with van der Waals surface area (Å²) in [5.74, 6) is 2.41. The fourth-order valence-corrected chi connectivity index (χ4v) is 5.46. The topological polar surface area (TPSA) is 128 Å². The molecular weight excluding hydrogens is 544 g/mol. The number of hydrogen-bond acceptors (Lipinski definition) is 8. The van der Waals surface area contributed by atoms with Crippen molar-refractivity contribution in [3.05, 3.63) is 95.3 Å². The van der Waals surface area contributed by atoms with Crippen LogP contribution in [0.1, 0.15) is 66.5 Å². The molecule has 1 aliphatic carbocycles. The summed E-state index contributed by atoms with van der Waals surface area (Å²) < 4.78 is 10.5. The quantitative estimate of drug-likeness (QED) is 0.236. The van der Waals surface area contributed by atoms with E-state index in [-0.39, 0.29) is 36.5 Å². The fourth-order valence-electron chi connectivity index (χ4n) is 5.46. The van der Waals surface area contributed by atoms with Gasteiger partial charge in [-0.2, -0.15) is 10.2 Å². The molecule has 43 heavy (non-hydrogen) atoms. The number of ether oxygens (including phenoxy) is 2. The molecule has 0 aliphatic heterocycles. The SMILES string of the molecule is COc1cccc(CC(=O)Nc2ccc([C@@H]3CCCC[C@@H](c4ccc(NC(=O)Cc5cccc(OC)c5)nn4)C3)nn2)c1. The lowest BCUT2D eigenvalue weighted by molar-refractivity contribution is -0.116. The Morgan fingerprint density at radius 2 is 1.14 bits per heavy atom. The third-order valence-corrected chi connectivity index (χ3v) is 7.66. The van der Waals surface area contributed by atoms with Crippen molar-refractivity contribution in [3.63, 3.8) is 0 Å². The van der Waals surface area contributed by atoms with Gasteiger partial charge in [-0.15, -0.1) is 10.2 Å². The van der Waals surface area contributed by atoms with Crippen molar-refractivity contribution in [1.29, 1.82) is 0 Å². The number of nitrogens with zero attached hydrogens (tertiary/aromatic N) is 4. The van der Waals surface area contributed by atoms with E-state index in [9.17, 15) is 9.59 Å². The van der Waals surface area contributed by atoms with Crippen molar-refractivity contribution in [3.8, 4) is 11.5 Å². The molecule has 0 unspecified atom stereocenters. The number of benzene rings is 2. The van der Waals surface area contributed by atoms with Crippen molar-refractivity contribution < 1.29 is 19.1 Å². The Labute approximate surface area is 251 Å². The van der Waals surface area contributed by atoms with Crippen LogP contribution in [0.25, 0.3) is 0 Å². The molecule has 2 atom stereocenters. The van der Waals surface area contributed by atoms with Crippen LogP contribution in [-0.4, -0.2) is 46.4 Å². The fraction of sp³-hybridized carbons (Fsp3) is 0.333. The van der Waals surface area contributed by atoms with E-state index in [4.69, 9.17) is 9.47 Å². The van der Waals surface area contributed by atoms with E-state index < -0.39 is 0 Å². The minimum absolute atomic E-state index is 0.164. The summed E-state index contributed by atoms with van der Waals surface area (Å²) in [6.07, 6.45) is 5.53. The minimum Gasteiger partial charge on any atom is -0.497 e. The molecule has 0 bridgehead atoms. The third kappa shape index (κ3) is 8.34. The Hall–Kier alpha value is -4.86. The first-order chi connectivity index (χ1) is 21.0. The largest absolute Gasteiger partial charge is 0.497 e. The van der Waals surface area contributed by atoms with E-state index in [2.05, 4.69) is 31.0 Å². The van der Waals surface area contributed by atoms with Crippen molar-refractivity contribution in [2.24, 2.45) is 0 Å². The highest BCUT2D eigenvalue weighted by Gasteiger charge is 2.25. The van der Waals surface area contributed by atoms with Crippen LogP contribution < -0.4 is 20.1 Å². The predicted molar refractivity (Wildman–Crippen MR) is 163 cm³/mol. The van der Waals surface area contributed by atoms with E-state index >= 15 is 0 Å². The van der Waals surface area contributed by atoms with Crippen LogP contribution in [-0.2, 0) is 22.4 Å². The van der Waals surface area contributed by atoms with Gasteiger partial charge in [0, 0.05) is 11.8 Å². The van der Waals surface area contributed by atoms with Crippen LogP contribution in [0.5, 0.6) is 11.5 Å². The second-order valence-corrected chi connectivity index (χ2v) is 10.8. The normalized spacial score (nSPS) is 16.5. The molecule has 0 spiro atoms. The Morgan fingerprint density at radius 1 is 0.674 bits per heavy atom. The van der Waals surface area contributed by atoms with Crippen LogP contribution in [0.2, 0.25) is 0 Å². The van der Waals surface area contributed by atoms with Crippen LogP contribution >= 0.6 is 0 Å². The zero-order valence-corrected chi connectivity index (χ0v) is 24.5. The molecule has 1 aliphatic rings. The third-order valence-electron chi connectivity index (χ3n) is 7.66. The number of nitrogens with one attached hydrogen (secondary N) is 2. The Morgan fingerprint density at radius 3 is 1.53 bits per heavy atom. The summed E-state index contributed by atoms with van der Waals surface area (Å²) in [6.45, 7) is 0. The zero-order valence-electron chi connectivity index (χ0n) is 24.5. The Balaban J connectivity index is 1.16. The molecule has 2 aromatic heterocycles. The molecular formula is C33H36N6O4. The van der Waals surface area contributed by atoms with Gasteiger partial charge in [0.05, 0.1) is 38.4 Å². The van der Waals surface area contributed by atoms with Crippen molar-refractivity contribution in [1.82, 2.24) is 20.4 Å². The van der Waals surface area contributed by atoms with Gasteiger partial charge in [-0.3, -0.25) is 9.59 Å². The number of carbonyl (C=O) groups excluding carboxylic acids is 2. The lowest BCUT2D eigenvalue weighted by Crippen LogP contribution is -2.17.